The Kier molecular flexibility index (Phi) is 38.3. The van der Waals surface area contributed by atoms with Crippen LogP contribution in [0.25, 0.3) is 10.4 Å². The molecule has 11 amide bonds. The van der Waals surface area contributed by atoms with E-state index in [-0.39, 0.29) is 69.7 Å². The van der Waals surface area contributed by atoms with Crippen molar-refractivity contribution in [1.82, 2.24) is 55.6 Å². The molecule has 1 aliphatic heterocycles. The SMILES string of the molecule is C=CCOC[C@@H]1C(=O)N(C)C([C@@H](C)OCCCCN=[N+]=[N-])C(=O)N[C@@H](C(C)C)C(=O)N(C)[C@@H](CC(C)C)C(=O)N[C@@H](C)C(=O)N[C@H](C)C(=O)N(C)[C@@H](CC(C)C)C(=O)N(C)[C@@H](CC(C)C)C(=O)N(C)[C@@H](C(C)C)C(=O)N(C)[C@@H]([C@H](O)[C@H](C)/C=C/C)C(=O)N[C@@H](CC)C(=O)N1CC=C. The Balaban J connectivity index is 4.66. The lowest BCUT2D eigenvalue weighted by molar-refractivity contribution is -0.158. The first-order valence-corrected chi connectivity index (χ1v) is 34.1. The van der Waals surface area contributed by atoms with Crippen LogP contribution in [0.15, 0.2) is 42.6 Å². The highest BCUT2D eigenvalue weighted by Crippen LogP contribution is 2.26. The number of rotatable bonds is 25. The number of aliphatic hydroxyl groups excluding tert-OH is 1. The molecule has 1 rings (SSSR count). The van der Waals surface area contributed by atoms with Gasteiger partial charge in [-0.05, 0) is 101 Å². The first kappa shape index (κ1) is 87.6. The van der Waals surface area contributed by atoms with E-state index in [4.69, 9.17) is 15.0 Å². The topological polar surface area (TPSA) is 346 Å². The summed E-state index contributed by atoms with van der Waals surface area (Å²) < 4.78 is 12.2. The van der Waals surface area contributed by atoms with Crippen molar-refractivity contribution in [3.63, 3.8) is 0 Å². The molecule has 0 saturated carbocycles. The van der Waals surface area contributed by atoms with Gasteiger partial charge in [-0.2, -0.15) is 0 Å². The minimum Gasteiger partial charge on any atom is -0.390 e. The number of carbonyl (C=O) groups excluding carboxylic acids is 11. The van der Waals surface area contributed by atoms with Crippen molar-refractivity contribution in [1.29, 1.82) is 0 Å². The van der Waals surface area contributed by atoms with Gasteiger partial charge in [-0.25, -0.2) is 0 Å². The minimum atomic E-state index is -1.73. The van der Waals surface area contributed by atoms with Gasteiger partial charge in [0.2, 0.25) is 65.0 Å². The lowest BCUT2D eigenvalue weighted by atomic mass is 9.93. The zero-order valence-electron chi connectivity index (χ0n) is 62.2. The zero-order chi connectivity index (χ0) is 74.6. The number of amides is 11. The molecule has 0 aromatic heterocycles. The number of hydrogen-bond donors (Lipinski definition) is 5. The van der Waals surface area contributed by atoms with Crippen molar-refractivity contribution in [3.05, 3.63) is 47.9 Å². The first-order chi connectivity index (χ1) is 45.3. The van der Waals surface area contributed by atoms with Crippen LogP contribution in [0.2, 0.25) is 0 Å². The van der Waals surface area contributed by atoms with Crippen LogP contribution in [0.4, 0.5) is 0 Å². The highest BCUT2D eigenvalue weighted by atomic mass is 16.5. The van der Waals surface area contributed by atoms with Gasteiger partial charge in [-0.15, -0.1) is 13.2 Å². The molecule has 28 heteroatoms. The number of azide groups is 1. The molecule has 0 bridgehead atoms. The predicted octanol–water partition coefficient (Wildman–Crippen LogP) is 4.46. The van der Waals surface area contributed by atoms with Crippen molar-refractivity contribution >= 4 is 65.0 Å². The molecule has 1 saturated heterocycles. The van der Waals surface area contributed by atoms with Crippen LogP contribution >= 0.6 is 0 Å². The van der Waals surface area contributed by atoms with E-state index >= 15 is 33.6 Å². The van der Waals surface area contributed by atoms with Crippen LogP contribution in [0, 0.1) is 35.5 Å². The number of allylic oxidation sites excluding steroid dienone is 1. The van der Waals surface area contributed by atoms with Gasteiger partial charge in [-0.3, -0.25) is 52.7 Å². The highest BCUT2D eigenvalue weighted by molar-refractivity contribution is 6.00. The first-order valence-electron chi connectivity index (χ1n) is 34.1. The molecular weight excluding hydrogens is 1250 g/mol. The molecule has 1 fully saturated rings. The summed E-state index contributed by atoms with van der Waals surface area (Å²) in [7, 11) is 8.30. The molecule has 0 spiro atoms. The summed E-state index contributed by atoms with van der Waals surface area (Å²) in [5.41, 5.74) is 8.87. The number of likely N-dealkylation sites (N-methyl/N-ethyl adjacent to an activating group) is 6. The van der Waals surface area contributed by atoms with Gasteiger partial charge in [0.1, 0.15) is 66.5 Å². The van der Waals surface area contributed by atoms with Gasteiger partial charge < -0.3 is 70.1 Å². The van der Waals surface area contributed by atoms with Crippen molar-refractivity contribution in [2.75, 3.05) is 75.2 Å². The summed E-state index contributed by atoms with van der Waals surface area (Å²) in [6.07, 6.45) is 4.31. The van der Waals surface area contributed by atoms with Crippen LogP contribution in [-0.2, 0) is 62.2 Å². The van der Waals surface area contributed by atoms with E-state index in [2.05, 4.69) is 44.5 Å². The fourth-order valence-electron chi connectivity index (χ4n) is 11.9. The van der Waals surface area contributed by atoms with E-state index in [1.54, 1.807) is 67.5 Å². The normalized spacial score (nSPS) is 25.9. The summed E-state index contributed by atoms with van der Waals surface area (Å²) in [5, 5.41) is 26.8. The molecule has 28 nitrogen and oxygen atoms in total. The summed E-state index contributed by atoms with van der Waals surface area (Å²) in [5.74, 6) is -11.1. The van der Waals surface area contributed by atoms with Crippen molar-refractivity contribution in [3.8, 4) is 0 Å². The van der Waals surface area contributed by atoms with Gasteiger partial charge in [0.15, 0.2) is 0 Å². The van der Waals surface area contributed by atoms with E-state index in [0.717, 1.165) is 14.7 Å². The molecule has 0 aromatic rings. The van der Waals surface area contributed by atoms with E-state index < -0.39 is 168 Å². The Morgan fingerprint density at radius 3 is 1.54 bits per heavy atom. The molecule has 0 aliphatic carbocycles. The minimum absolute atomic E-state index is 0.0236. The molecule has 1 unspecified atom stereocenters. The van der Waals surface area contributed by atoms with E-state index in [1.807, 2.05) is 41.5 Å². The number of carbonyl (C=O) groups is 11. The molecular formula is C69H120N14O14. The second-order valence-electron chi connectivity index (χ2n) is 27.6. The Hall–Kier alpha value is -7.42. The number of hydrogen-bond acceptors (Lipinski definition) is 15. The molecule has 0 aromatic carbocycles. The Morgan fingerprint density at radius 2 is 1.04 bits per heavy atom. The summed E-state index contributed by atoms with van der Waals surface area (Å²) in [6, 6.07) is -15.2. The lowest BCUT2D eigenvalue weighted by Gasteiger charge is -2.41. The fourth-order valence-corrected chi connectivity index (χ4v) is 11.9. The molecule has 97 heavy (non-hydrogen) atoms. The van der Waals surface area contributed by atoms with Crippen LogP contribution in [0.1, 0.15) is 149 Å². The molecule has 14 atom stereocenters. The molecule has 5 N–H and O–H groups in total. The Labute approximate surface area is 577 Å². The fraction of sp³-hybridized carbons (Fsp3) is 0.754. The van der Waals surface area contributed by atoms with Gasteiger partial charge in [0.25, 0.3) is 0 Å². The number of ether oxygens (including phenoxy) is 2. The number of aliphatic hydroxyl groups is 1. The maximum absolute atomic E-state index is 15.5. The van der Waals surface area contributed by atoms with Crippen LogP contribution in [-0.4, -0.2) is 258 Å². The maximum atomic E-state index is 15.5. The van der Waals surface area contributed by atoms with E-state index in [1.165, 1.54) is 87.9 Å². The molecule has 550 valence electrons. The van der Waals surface area contributed by atoms with Crippen LogP contribution in [0.5, 0.6) is 0 Å². The lowest BCUT2D eigenvalue weighted by Crippen LogP contribution is -2.65. The maximum Gasteiger partial charge on any atom is 0.248 e. The van der Waals surface area contributed by atoms with Gasteiger partial charge in [0, 0.05) is 72.8 Å². The van der Waals surface area contributed by atoms with Gasteiger partial charge in [0.05, 0.1) is 25.4 Å². The third-order valence-electron chi connectivity index (χ3n) is 17.5. The average molecular weight is 1370 g/mol. The quantitative estimate of drug-likeness (QED) is 0.0277. The second kappa shape index (κ2) is 42.4. The Morgan fingerprint density at radius 1 is 0.557 bits per heavy atom. The molecule has 0 radical (unpaired) electrons. The Bertz CT molecular complexity index is 2740. The predicted molar refractivity (Wildman–Crippen MR) is 372 cm³/mol. The second-order valence-corrected chi connectivity index (χ2v) is 27.6. The summed E-state index contributed by atoms with van der Waals surface area (Å²) in [4.78, 5) is 176. The molecule has 1 aliphatic rings. The number of nitrogens with one attached hydrogen (secondary N) is 4. The third kappa shape index (κ3) is 25.4. The monoisotopic (exact) mass is 1370 g/mol. The van der Waals surface area contributed by atoms with Crippen molar-refractivity contribution < 1.29 is 67.3 Å². The smallest absolute Gasteiger partial charge is 0.248 e. The number of nitrogens with zero attached hydrogens (tertiary/aromatic N) is 10. The average Bonchev–Trinajstić information content (AvgIpc) is 0.808. The largest absolute Gasteiger partial charge is 0.390 e. The van der Waals surface area contributed by atoms with Crippen molar-refractivity contribution in [2.45, 2.75) is 228 Å². The van der Waals surface area contributed by atoms with Gasteiger partial charge >= 0.3 is 0 Å². The highest BCUT2D eigenvalue weighted by Gasteiger charge is 2.47. The van der Waals surface area contributed by atoms with Crippen LogP contribution < -0.4 is 21.3 Å². The van der Waals surface area contributed by atoms with Crippen molar-refractivity contribution in [2.24, 2.45) is 40.6 Å². The third-order valence-corrected chi connectivity index (χ3v) is 17.5. The summed E-state index contributed by atoms with van der Waals surface area (Å²) in [6.45, 7) is 34.0. The summed E-state index contributed by atoms with van der Waals surface area (Å²) >= 11 is 0. The van der Waals surface area contributed by atoms with Crippen LogP contribution in [0.3, 0.4) is 0 Å². The van der Waals surface area contributed by atoms with E-state index in [0.29, 0.717) is 12.8 Å². The number of unbranched alkanes of at least 4 members (excludes halogenated alkanes) is 1. The van der Waals surface area contributed by atoms with Gasteiger partial charge in [-0.1, -0.05) is 113 Å². The standard InChI is InChI=1S/C69H120N14O14/c1-25-31-45(15)58(84)57-62(88)74-49(28-4)64(90)83(33-26-2)53(39-96-34-27-3)67(93)81(23)56(48(18)97-35-30-29-32-71-76-70)61(87)75-54(43(11)12)68(94)77(19)50(36-40(5)6)60(86)72-46(16)59(85)73-47(17)63(89)78(20)51(37-41(7)8)65(91)79(21)52(38-42(9)10)66(92)80(22)55(44(13)14)69(95)82(57)24/h25-27,31,40-58,84H,2-3,28-30,32-39H2,1,4-24H3,(H,72,86)(H,73,85)(H,74,88)(H,75,87)/b31-25+/t45-,46+,47-,48-,49+,50+,51+,52+,53-,54+,55+,56?,57+,58-/m1/s1. The zero-order valence-corrected chi connectivity index (χ0v) is 62.2. The molecule has 1 heterocycles. The van der Waals surface area contributed by atoms with E-state index in [9.17, 15) is 24.3 Å².